The zero-order valence-corrected chi connectivity index (χ0v) is 16.3. The molecule has 2 aliphatic rings. The molecule has 28 heavy (non-hydrogen) atoms. The molecule has 0 spiro atoms. The van der Waals surface area contributed by atoms with Crippen molar-refractivity contribution >= 4 is 5.91 Å². The molecular formula is C23H28N2O3. The van der Waals surface area contributed by atoms with Crippen molar-refractivity contribution in [3.8, 4) is 5.75 Å². The van der Waals surface area contributed by atoms with E-state index in [1.807, 2.05) is 42.5 Å². The standard InChI is InChI=1S/C23H28N2O3/c1-17-14-25-15-19(13-20(25)16-28-17)24-23(26)21-9-5-6-10-22(21)27-12-11-18-7-3-2-4-8-18/h2-10,17,19-20H,11-16H2,1H3,(H,24,26)/t17-,19-,20-/m0/s1. The van der Waals surface area contributed by atoms with E-state index in [0.717, 1.165) is 32.5 Å². The molecule has 2 fully saturated rings. The van der Waals surface area contributed by atoms with Crippen LogP contribution in [0.4, 0.5) is 0 Å². The Morgan fingerprint density at radius 1 is 1.14 bits per heavy atom. The molecule has 2 aliphatic heterocycles. The Morgan fingerprint density at radius 3 is 2.79 bits per heavy atom. The van der Waals surface area contributed by atoms with Crippen molar-refractivity contribution < 1.29 is 14.3 Å². The quantitative estimate of drug-likeness (QED) is 0.837. The number of carbonyl (C=O) groups excluding carboxylic acids is 1. The van der Waals surface area contributed by atoms with Gasteiger partial charge in [-0.1, -0.05) is 42.5 Å². The molecule has 0 bridgehead atoms. The van der Waals surface area contributed by atoms with Crippen LogP contribution in [0.5, 0.6) is 5.75 Å². The van der Waals surface area contributed by atoms with Crippen molar-refractivity contribution in [2.75, 3.05) is 26.3 Å². The molecule has 1 N–H and O–H groups in total. The molecule has 0 saturated carbocycles. The van der Waals surface area contributed by atoms with Crippen molar-refractivity contribution in [3.05, 3.63) is 65.7 Å². The summed E-state index contributed by atoms with van der Waals surface area (Å²) in [6.07, 6.45) is 2.02. The number of hydrogen-bond acceptors (Lipinski definition) is 4. The molecule has 5 nitrogen and oxygen atoms in total. The molecule has 0 aromatic heterocycles. The summed E-state index contributed by atoms with van der Waals surface area (Å²) in [7, 11) is 0. The average molecular weight is 380 g/mol. The fourth-order valence-corrected chi connectivity index (χ4v) is 4.11. The van der Waals surface area contributed by atoms with Crippen LogP contribution in [0, 0.1) is 0 Å². The first-order chi connectivity index (χ1) is 13.7. The van der Waals surface area contributed by atoms with E-state index in [1.165, 1.54) is 5.56 Å². The van der Waals surface area contributed by atoms with E-state index in [2.05, 4.69) is 29.3 Å². The maximum atomic E-state index is 12.9. The molecule has 3 atom stereocenters. The number of nitrogens with one attached hydrogen (secondary N) is 1. The van der Waals surface area contributed by atoms with Gasteiger partial charge in [-0.2, -0.15) is 0 Å². The van der Waals surface area contributed by atoms with E-state index in [1.54, 1.807) is 0 Å². The number of para-hydroxylation sites is 1. The predicted octanol–water partition coefficient (Wildman–Crippen LogP) is 2.90. The first kappa shape index (κ1) is 19.0. The molecule has 0 unspecified atom stereocenters. The number of benzene rings is 2. The molecule has 148 valence electrons. The number of ether oxygens (including phenoxy) is 2. The second-order valence-electron chi connectivity index (χ2n) is 7.74. The Kier molecular flexibility index (Phi) is 5.93. The minimum atomic E-state index is -0.0610. The van der Waals surface area contributed by atoms with Crippen LogP contribution < -0.4 is 10.1 Å². The third-order valence-electron chi connectivity index (χ3n) is 5.55. The summed E-state index contributed by atoms with van der Waals surface area (Å²) in [6.45, 7) is 5.23. The maximum Gasteiger partial charge on any atom is 0.255 e. The highest BCUT2D eigenvalue weighted by Gasteiger charge is 2.37. The van der Waals surface area contributed by atoms with Crippen LogP contribution >= 0.6 is 0 Å². The van der Waals surface area contributed by atoms with Crippen LogP contribution in [0.1, 0.15) is 29.3 Å². The van der Waals surface area contributed by atoms with Gasteiger partial charge in [0.25, 0.3) is 5.91 Å². The smallest absolute Gasteiger partial charge is 0.255 e. The van der Waals surface area contributed by atoms with Gasteiger partial charge in [-0.25, -0.2) is 0 Å². The highest BCUT2D eigenvalue weighted by molar-refractivity contribution is 5.97. The van der Waals surface area contributed by atoms with Crippen LogP contribution in [0.3, 0.4) is 0 Å². The van der Waals surface area contributed by atoms with Gasteiger partial charge < -0.3 is 14.8 Å². The van der Waals surface area contributed by atoms with Gasteiger partial charge in [0.05, 0.1) is 24.9 Å². The minimum absolute atomic E-state index is 0.0610. The number of rotatable bonds is 6. The van der Waals surface area contributed by atoms with Gasteiger partial charge in [0, 0.05) is 31.6 Å². The lowest BCUT2D eigenvalue weighted by Gasteiger charge is -2.33. The van der Waals surface area contributed by atoms with Crippen LogP contribution in [-0.2, 0) is 11.2 Å². The molecule has 2 aromatic rings. The number of morpholine rings is 1. The van der Waals surface area contributed by atoms with Gasteiger partial charge in [-0.05, 0) is 31.0 Å². The molecule has 1 amide bonds. The minimum Gasteiger partial charge on any atom is -0.492 e. The first-order valence-electron chi connectivity index (χ1n) is 10.1. The fraction of sp³-hybridized carbons (Fsp3) is 0.435. The predicted molar refractivity (Wildman–Crippen MR) is 109 cm³/mol. The van der Waals surface area contributed by atoms with E-state index < -0.39 is 0 Å². The largest absolute Gasteiger partial charge is 0.492 e. The second-order valence-corrected chi connectivity index (χ2v) is 7.74. The van der Waals surface area contributed by atoms with Crippen molar-refractivity contribution in [2.45, 2.75) is 38.0 Å². The molecule has 0 radical (unpaired) electrons. The lowest BCUT2D eigenvalue weighted by Crippen LogP contribution is -2.45. The van der Waals surface area contributed by atoms with E-state index >= 15 is 0 Å². The third kappa shape index (κ3) is 4.54. The summed E-state index contributed by atoms with van der Waals surface area (Å²) < 4.78 is 11.7. The monoisotopic (exact) mass is 380 g/mol. The number of hydrogen-bond donors (Lipinski definition) is 1. The summed E-state index contributed by atoms with van der Waals surface area (Å²) in [6, 6.07) is 18.3. The van der Waals surface area contributed by atoms with Crippen LogP contribution in [0.2, 0.25) is 0 Å². The highest BCUT2D eigenvalue weighted by Crippen LogP contribution is 2.24. The summed E-state index contributed by atoms with van der Waals surface area (Å²) in [4.78, 5) is 15.3. The van der Waals surface area contributed by atoms with Crippen molar-refractivity contribution in [2.24, 2.45) is 0 Å². The Bertz CT molecular complexity index is 795. The Hall–Kier alpha value is -2.37. The average Bonchev–Trinajstić information content (AvgIpc) is 3.10. The first-order valence-corrected chi connectivity index (χ1v) is 10.1. The molecule has 0 aliphatic carbocycles. The molecule has 2 saturated heterocycles. The van der Waals surface area contributed by atoms with E-state index in [-0.39, 0.29) is 18.1 Å². The van der Waals surface area contributed by atoms with E-state index in [0.29, 0.717) is 24.0 Å². The summed E-state index contributed by atoms with van der Waals surface area (Å²) >= 11 is 0. The second kappa shape index (κ2) is 8.76. The van der Waals surface area contributed by atoms with Gasteiger partial charge in [-0.3, -0.25) is 9.69 Å². The zero-order chi connectivity index (χ0) is 19.3. The topological polar surface area (TPSA) is 50.8 Å². The molecular weight excluding hydrogens is 352 g/mol. The summed E-state index contributed by atoms with van der Waals surface area (Å²) in [5.41, 5.74) is 1.83. The van der Waals surface area contributed by atoms with Gasteiger partial charge >= 0.3 is 0 Å². The number of nitrogens with zero attached hydrogens (tertiary/aromatic N) is 1. The Labute approximate surface area is 166 Å². The highest BCUT2D eigenvalue weighted by atomic mass is 16.5. The summed E-state index contributed by atoms with van der Waals surface area (Å²) in [5, 5.41) is 3.20. The Morgan fingerprint density at radius 2 is 1.93 bits per heavy atom. The SMILES string of the molecule is C[C@H]1CN2C[C@@H](NC(=O)c3ccccc3OCCc3ccccc3)C[C@H]2CO1. The van der Waals surface area contributed by atoms with Crippen molar-refractivity contribution in [3.63, 3.8) is 0 Å². The third-order valence-corrected chi connectivity index (χ3v) is 5.55. The molecule has 4 rings (SSSR count). The van der Waals surface area contributed by atoms with Crippen molar-refractivity contribution in [1.82, 2.24) is 10.2 Å². The molecule has 2 aromatic carbocycles. The number of amides is 1. The maximum absolute atomic E-state index is 12.9. The van der Waals surface area contributed by atoms with Gasteiger partial charge in [-0.15, -0.1) is 0 Å². The van der Waals surface area contributed by atoms with Gasteiger partial charge in [0.15, 0.2) is 0 Å². The van der Waals surface area contributed by atoms with E-state index in [4.69, 9.17) is 9.47 Å². The fourth-order valence-electron chi connectivity index (χ4n) is 4.11. The zero-order valence-electron chi connectivity index (χ0n) is 16.3. The van der Waals surface area contributed by atoms with Gasteiger partial charge in [0.1, 0.15) is 5.75 Å². The molecule has 2 heterocycles. The number of carbonyl (C=O) groups is 1. The Balaban J connectivity index is 1.34. The van der Waals surface area contributed by atoms with Crippen LogP contribution in [0.15, 0.2) is 54.6 Å². The van der Waals surface area contributed by atoms with Crippen LogP contribution in [0.25, 0.3) is 0 Å². The van der Waals surface area contributed by atoms with Gasteiger partial charge in [0.2, 0.25) is 0 Å². The van der Waals surface area contributed by atoms with Crippen molar-refractivity contribution in [1.29, 1.82) is 0 Å². The summed E-state index contributed by atoms with van der Waals surface area (Å²) in [5.74, 6) is 0.581. The van der Waals surface area contributed by atoms with E-state index in [9.17, 15) is 4.79 Å². The lowest BCUT2D eigenvalue weighted by atomic mass is 10.1. The lowest BCUT2D eigenvalue weighted by molar-refractivity contribution is -0.0390. The molecule has 5 heteroatoms. The van der Waals surface area contributed by atoms with Crippen LogP contribution in [-0.4, -0.2) is 55.3 Å². The number of fused-ring (bicyclic) bond motifs is 1. The normalized spacial score (nSPS) is 24.5.